The summed E-state index contributed by atoms with van der Waals surface area (Å²) in [6.07, 6.45) is 9.81. The molecule has 4 aromatic rings. The van der Waals surface area contributed by atoms with Gasteiger partial charge in [-0.15, -0.1) is 0 Å². The molecular formula is C26H23BrN4OS. The van der Waals surface area contributed by atoms with Crippen LogP contribution < -0.4 is 0 Å². The molecule has 0 radical (unpaired) electrons. The highest BCUT2D eigenvalue weighted by Gasteiger charge is 2.24. The molecule has 0 atom stereocenters. The van der Waals surface area contributed by atoms with E-state index in [-0.39, 0.29) is 0 Å². The summed E-state index contributed by atoms with van der Waals surface area (Å²) in [5.74, 6) is 7.03. The summed E-state index contributed by atoms with van der Waals surface area (Å²) in [5, 5.41) is 0. The number of hydrogen-bond acceptors (Lipinski definition) is 5. The van der Waals surface area contributed by atoms with Gasteiger partial charge in [-0.05, 0) is 36.8 Å². The lowest BCUT2D eigenvalue weighted by Crippen LogP contribution is -2.08. The van der Waals surface area contributed by atoms with Gasteiger partial charge < -0.3 is 4.42 Å². The van der Waals surface area contributed by atoms with E-state index in [2.05, 4.69) is 60.5 Å². The largest absolute Gasteiger partial charge is 0.442 e. The molecule has 0 fully saturated rings. The minimum atomic E-state index is 0.470. The van der Waals surface area contributed by atoms with Crippen molar-refractivity contribution in [2.45, 2.75) is 19.9 Å². The average molecular weight is 519 g/mol. The Kier molecular flexibility index (Phi) is 7.48. The number of nitrogens with zero attached hydrogens (tertiary/aromatic N) is 4. The smallest absolute Gasteiger partial charge is 0.181 e. The SMILES string of the molecule is CCC#Cc1ccc2c(c1)C(c1ccccc1Br)=NCc1c(-c3cnco3)ncn1-2.CSC. The van der Waals surface area contributed by atoms with Crippen LogP contribution in [0.4, 0.5) is 0 Å². The van der Waals surface area contributed by atoms with E-state index in [1.165, 1.54) is 6.39 Å². The minimum Gasteiger partial charge on any atom is -0.442 e. The van der Waals surface area contributed by atoms with Crippen molar-refractivity contribution in [3.05, 3.63) is 88.2 Å². The Hall–Kier alpha value is -3.08. The topological polar surface area (TPSA) is 56.2 Å². The second-order valence-electron chi connectivity index (χ2n) is 7.22. The van der Waals surface area contributed by atoms with Gasteiger partial charge in [0.1, 0.15) is 12.0 Å². The zero-order valence-electron chi connectivity index (χ0n) is 18.7. The maximum absolute atomic E-state index is 5.51. The average Bonchev–Trinajstić information content (AvgIpc) is 3.47. The van der Waals surface area contributed by atoms with Crippen LogP contribution in [-0.2, 0) is 6.54 Å². The van der Waals surface area contributed by atoms with Gasteiger partial charge in [0.2, 0.25) is 0 Å². The lowest BCUT2D eigenvalue weighted by molar-refractivity contribution is 0.569. The van der Waals surface area contributed by atoms with E-state index >= 15 is 0 Å². The lowest BCUT2D eigenvalue weighted by atomic mass is 9.98. The number of aromatic nitrogens is 3. The first-order chi connectivity index (χ1) is 16.2. The molecule has 5 nitrogen and oxygen atoms in total. The Morgan fingerprint density at radius 2 is 1.97 bits per heavy atom. The molecule has 2 aromatic heterocycles. The van der Waals surface area contributed by atoms with Crippen LogP contribution in [0.15, 0.2) is 75.3 Å². The molecule has 7 heteroatoms. The maximum Gasteiger partial charge on any atom is 0.181 e. The number of thioether (sulfide) groups is 1. The zero-order chi connectivity index (χ0) is 23.2. The molecule has 33 heavy (non-hydrogen) atoms. The van der Waals surface area contributed by atoms with E-state index in [0.29, 0.717) is 12.3 Å². The number of aliphatic imine (C=N–C) groups is 1. The highest BCUT2D eigenvalue weighted by atomic mass is 79.9. The van der Waals surface area contributed by atoms with Crippen molar-refractivity contribution >= 4 is 33.4 Å². The van der Waals surface area contributed by atoms with Crippen LogP contribution in [0, 0.1) is 11.8 Å². The van der Waals surface area contributed by atoms with E-state index < -0.39 is 0 Å². The van der Waals surface area contributed by atoms with Crippen molar-refractivity contribution in [3.8, 4) is 29.0 Å². The second kappa shape index (κ2) is 10.7. The van der Waals surface area contributed by atoms with Crippen molar-refractivity contribution < 1.29 is 4.42 Å². The van der Waals surface area contributed by atoms with Crippen LogP contribution in [0.5, 0.6) is 0 Å². The van der Waals surface area contributed by atoms with Crippen LogP contribution in [0.2, 0.25) is 0 Å². The predicted octanol–water partition coefficient (Wildman–Crippen LogP) is 6.38. The summed E-state index contributed by atoms with van der Waals surface area (Å²) < 4.78 is 8.59. The van der Waals surface area contributed by atoms with Gasteiger partial charge in [-0.25, -0.2) is 9.97 Å². The third-order valence-corrected chi connectivity index (χ3v) is 5.66. The summed E-state index contributed by atoms with van der Waals surface area (Å²) in [4.78, 5) is 13.6. The maximum atomic E-state index is 5.51. The monoisotopic (exact) mass is 518 g/mol. The van der Waals surface area contributed by atoms with Crippen molar-refractivity contribution in [2.75, 3.05) is 12.5 Å². The number of hydrogen-bond donors (Lipinski definition) is 0. The van der Waals surface area contributed by atoms with Crippen molar-refractivity contribution in [3.63, 3.8) is 0 Å². The van der Waals surface area contributed by atoms with Crippen LogP contribution in [0.3, 0.4) is 0 Å². The number of oxazole rings is 1. The van der Waals surface area contributed by atoms with E-state index in [9.17, 15) is 0 Å². The number of fused-ring (bicyclic) bond motifs is 3. The van der Waals surface area contributed by atoms with Gasteiger partial charge in [0.05, 0.1) is 29.8 Å². The summed E-state index contributed by atoms with van der Waals surface area (Å²) in [6.45, 7) is 2.52. The van der Waals surface area contributed by atoms with Crippen molar-refractivity contribution in [2.24, 2.45) is 4.99 Å². The molecule has 0 N–H and O–H groups in total. The third kappa shape index (κ3) is 4.82. The Labute approximate surface area is 206 Å². The zero-order valence-corrected chi connectivity index (χ0v) is 21.1. The first-order valence-electron chi connectivity index (χ1n) is 10.5. The Morgan fingerprint density at radius 1 is 1.15 bits per heavy atom. The fourth-order valence-corrected chi connectivity index (χ4v) is 4.07. The summed E-state index contributed by atoms with van der Waals surface area (Å²) in [5.41, 5.74) is 6.67. The number of imidazole rings is 1. The van der Waals surface area contributed by atoms with E-state index in [1.807, 2.05) is 50.0 Å². The van der Waals surface area contributed by atoms with Gasteiger partial charge in [-0.3, -0.25) is 9.56 Å². The molecule has 0 amide bonds. The minimum absolute atomic E-state index is 0.470. The molecular weight excluding hydrogens is 496 g/mol. The van der Waals surface area contributed by atoms with E-state index in [1.54, 1.807) is 18.0 Å². The number of rotatable bonds is 2. The van der Waals surface area contributed by atoms with Gasteiger partial charge in [-0.2, -0.15) is 11.8 Å². The standard InChI is InChI=1S/C24H17BrN4O.C2H6S/c1-2-3-6-16-9-10-20-18(11-16)23(17-7-4-5-8-19(17)25)27-12-21-24(28-14-29(20)21)22-13-26-15-30-22;1-3-2/h4-5,7-11,13-15H,2,12H2,1H3;1-2H3. The molecule has 166 valence electrons. The first kappa shape index (κ1) is 23.1. The molecule has 2 aromatic carbocycles. The normalized spacial score (nSPS) is 11.7. The Balaban J connectivity index is 0.000000821. The van der Waals surface area contributed by atoms with Crippen LogP contribution in [-0.4, -0.2) is 32.8 Å². The molecule has 0 saturated heterocycles. The molecule has 5 rings (SSSR count). The quantitative estimate of drug-likeness (QED) is 0.289. The van der Waals surface area contributed by atoms with Gasteiger partial charge in [0, 0.05) is 27.6 Å². The summed E-state index contributed by atoms with van der Waals surface area (Å²) in [7, 11) is 0. The number of benzene rings is 2. The predicted molar refractivity (Wildman–Crippen MR) is 139 cm³/mol. The molecule has 0 unspecified atom stereocenters. The van der Waals surface area contributed by atoms with Crippen molar-refractivity contribution in [1.82, 2.24) is 14.5 Å². The van der Waals surface area contributed by atoms with Crippen LogP contribution >= 0.6 is 27.7 Å². The van der Waals surface area contributed by atoms with Gasteiger partial charge >= 0.3 is 0 Å². The molecule has 0 aliphatic carbocycles. The molecule has 0 bridgehead atoms. The molecule has 1 aliphatic rings. The van der Waals surface area contributed by atoms with Gasteiger partial charge in [-0.1, -0.05) is 52.9 Å². The molecule has 3 heterocycles. The Morgan fingerprint density at radius 3 is 2.70 bits per heavy atom. The fraction of sp³-hybridized carbons (Fsp3) is 0.192. The number of halogens is 1. The van der Waals surface area contributed by atoms with Gasteiger partial charge in [0.25, 0.3) is 0 Å². The van der Waals surface area contributed by atoms with Crippen molar-refractivity contribution in [1.29, 1.82) is 0 Å². The van der Waals surface area contributed by atoms with Crippen LogP contribution in [0.25, 0.3) is 17.1 Å². The van der Waals surface area contributed by atoms with Gasteiger partial charge in [0.15, 0.2) is 12.2 Å². The fourth-order valence-electron chi connectivity index (χ4n) is 3.60. The summed E-state index contributed by atoms with van der Waals surface area (Å²) >= 11 is 5.44. The third-order valence-electron chi connectivity index (χ3n) is 4.97. The summed E-state index contributed by atoms with van der Waals surface area (Å²) in [6, 6.07) is 14.4. The first-order valence-corrected chi connectivity index (χ1v) is 12.9. The van der Waals surface area contributed by atoms with Crippen LogP contribution in [0.1, 0.15) is 35.7 Å². The second-order valence-corrected chi connectivity index (χ2v) is 8.89. The highest BCUT2D eigenvalue weighted by molar-refractivity contribution is 9.10. The highest BCUT2D eigenvalue weighted by Crippen LogP contribution is 2.32. The lowest BCUT2D eigenvalue weighted by Gasteiger charge is -2.13. The molecule has 0 spiro atoms. The molecule has 1 aliphatic heterocycles. The molecule has 0 saturated carbocycles. The van der Waals surface area contributed by atoms with E-state index in [4.69, 9.17) is 9.41 Å². The van der Waals surface area contributed by atoms with E-state index in [0.717, 1.165) is 50.4 Å². The Bertz CT molecular complexity index is 1350.